The molecule has 0 radical (unpaired) electrons. The van der Waals surface area contributed by atoms with Crippen LogP contribution in [-0.4, -0.2) is 15.7 Å². The van der Waals surface area contributed by atoms with Crippen LogP contribution in [0.1, 0.15) is 16.1 Å². The number of halogens is 1. The Kier molecular flexibility index (Phi) is 5.11. The molecule has 1 amide bonds. The maximum atomic E-state index is 12.3. The van der Waals surface area contributed by atoms with Crippen molar-refractivity contribution >= 4 is 27.5 Å². The number of aromatic nitrogens is 2. The van der Waals surface area contributed by atoms with Crippen molar-refractivity contribution in [3.8, 4) is 11.8 Å². The van der Waals surface area contributed by atoms with Crippen LogP contribution in [-0.2, 0) is 6.73 Å². The summed E-state index contributed by atoms with van der Waals surface area (Å²) in [6, 6.07) is 17.9. The maximum absolute atomic E-state index is 12.3. The number of hydrogen-bond acceptors (Lipinski definition) is 4. The van der Waals surface area contributed by atoms with E-state index in [1.807, 2.05) is 30.3 Å². The quantitative estimate of drug-likeness (QED) is 0.710. The van der Waals surface area contributed by atoms with E-state index in [1.165, 1.54) is 4.68 Å². The first-order chi connectivity index (χ1) is 12.2. The van der Waals surface area contributed by atoms with Gasteiger partial charge in [-0.3, -0.25) is 4.79 Å². The van der Waals surface area contributed by atoms with Crippen LogP contribution in [0.2, 0.25) is 0 Å². The summed E-state index contributed by atoms with van der Waals surface area (Å²) in [5.74, 6) is 0.317. The molecule has 0 saturated carbocycles. The minimum Gasteiger partial charge on any atom is -0.471 e. The molecule has 1 heterocycles. The first-order valence-corrected chi connectivity index (χ1v) is 8.17. The van der Waals surface area contributed by atoms with Gasteiger partial charge in [0.2, 0.25) is 0 Å². The molecule has 3 aromatic rings. The Balaban J connectivity index is 1.63. The predicted molar refractivity (Wildman–Crippen MR) is 96.1 cm³/mol. The van der Waals surface area contributed by atoms with Gasteiger partial charge in [-0.25, -0.2) is 4.68 Å². The molecule has 0 spiro atoms. The summed E-state index contributed by atoms with van der Waals surface area (Å²) in [4.78, 5) is 12.3. The lowest BCUT2D eigenvalue weighted by Gasteiger charge is -2.06. The Hall–Kier alpha value is -3.11. The Morgan fingerprint density at radius 3 is 2.72 bits per heavy atom. The van der Waals surface area contributed by atoms with Gasteiger partial charge in [-0.15, -0.1) is 0 Å². The Bertz CT molecular complexity index is 929. The second kappa shape index (κ2) is 7.64. The zero-order chi connectivity index (χ0) is 17.6. The van der Waals surface area contributed by atoms with Gasteiger partial charge in [-0.2, -0.15) is 10.4 Å². The summed E-state index contributed by atoms with van der Waals surface area (Å²) in [6.45, 7) is 0.184. The Morgan fingerprint density at radius 1 is 1.20 bits per heavy atom. The molecule has 0 aliphatic heterocycles. The lowest BCUT2D eigenvalue weighted by atomic mass is 10.2. The highest BCUT2D eigenvalue weighted by Gasteiger charge is 2.12. The highest BCUT2D eigenvalue weighted by atomic mass is 79.9. The highest BCUT2D eigenvalue weighted by Crippen LogP contribution is 2.17. The van der Waals surface area contributed by atoms with E-state index in [2.05, 4.69) is 26.3 Å². The number of para-hydroxylation sites is 1. The number of amides is 1. The van der Waals surface area contributed by atoms with Crippen molar-refractivity contribution in [3.63, 3.8) is 0 Å². The molecule has 0 aliphatic carbocycles. The van der Waals surface area contributed by atoms with Crippen molar-refractivity contribution in [1.82, 2.24) is 9.78 Å². The number of nitrogens with one attached hydrogen (secondary N) is 1. The molecule has 0 fully saturated rings. The molecule has 0 saturated heterocycles. The lowest BCUT2D eigenvalue weighted by molar-refractivity contribution is 0.102. The van der Waals surface area contributed by atoms with Crippen molar-refractivity contribution in [2.75, 3.05) is 5.32 Å². The van der Waals surface area contributed by atoms with Crippen molar-refractivity contribution in [1.29, 1.82) is 5.26 Å². The third-order valence-electron chi connectivity index (χ3n) is 3.35. The average molecular weight is 397 g/mol. The van der Waals surface area contributed by atoms with Gasteiger partial charge in [-0.05, 0) is 42.5 Å². The van der Waals surface area contributed by atoms with Crippen molar-refractivity contribution < 1.29 is 9.53 Å². The van der Waals surface area contributed by atoms with Gasteiger partial charge in [-0.1, -0.05) is 28.1 Å². The molecule has 0 bridgehead atoms. The van der Waals surface area contributed by atoms with Crippen LogP contribution in [0, 0.1) is 11.3 Å². The molecular weight excluding hydrogens is 384 g/mol. The molecule has 7 heteroatoms. The van der Waals surface area contributed by atoms with Gasteiger partial charge in [0.1, 0.15) is 11.8 Å². The van der Waals surface area contributed by atoms with Crippen LogP contribution in [0.4, 0.5) is 5.69 Å². The second-order valence-corrected chi connectivity index (χ2v) is 5.99. The number of hydrogen-bond donors (Lipinski definition) is 1. The second-order valence-electron chi connectivity index (χ2n) is 5.08. The van der Waals surface area contributed by atoms with Crippen LogP contribution >= 0.6 is 15.9 Å². The fourth-order valence-electron chi connectivity index (χ4n) is 2.10. The average Bonchev–Trinajstić information content (AvgIpc) is 3.11. The van der Waals surface area contributed by atoms with E-state index < -0.39 is 0 Å². The van der Waals surface area contributed by atoms with Gasteiger partial charge in [0, 0.05) is 10.7 Å². The minimum absolute atomic E-state index is 0.184. The standard InChI is InChI=1S/C18H13BrN4O2/c19-14-5-7-15(8-6-14)25-12-23-10-9-17(22-23)18(24)21-16-4-2-1-3-13(16)11-20/h1-10H,12H2,(H,21,24). The smallest absolute Gasteiger partial charge is 0.276 e. The molecule has 6 nitrogen and oxygen atoms in total. The third kappa shape index (κ3) is 4.25. The van der Waals surface area contributed by atoms with Crippen LogP contribution in [0.5, 0.6) is 5.75 Å². The molecule has 1 N–H and O–H groups in total. The maximum Gasteiger partial charge on any atom is 0.276 e. The molecule has 124 valence electrons. The summed E-state index contributed by atoms with van der Waals surface area (Å²) in [6.07, 6.45) is 1.66. The molecule has 2 aromatic carbocycles. The Labute approximate surface area is 152 Å². The zero-order valence-electron chi connectivity index (χ0n) is 13.0. The Morgan fingerprint density at radius 2 is 1.96 bits per heavy atom. The topological polar surface area (TPSA) is 79.9 Å². The van der Waals surface area contributed by atoms with Gasteiger partial charge < -0.3 is 10.1 Å². The van der Waals surface area contributed by atoms with Crippen molar-refractivity contribution in [3.05, 3.63) is 76.5 Å². The third-order valence-corrected chi connectivity index (χ3v) is 3.87. The number of carbonyl (C=O) groups excluding carboxylic acids is 1. The van der Waals surface area contributed by atoms with Gasteiger partial charge in [0.25, 0.3) is 5.91 Å². The number of rotatable bonds is 5. The van der Waals surface area contributed by atoms with Gasteiger partial charge in [0.15, 0.2) is 12.4 Å². The number of nitrogens with zero attached hydrogens (tertiary/aromatic N) is 3. The molecular formula is C18H13BrN4O2. The molecule has 25 heavy (non-hydrogen) atoms. The van der Waals surface area contributed by atoms with E-state index in [-0.39, 0.29) is 18.3 Å². The minimum atomic E-state index is -0.384. The summed E-state index contributed by atoms with van der Waals surface area (Å²) in [7, 11) is 0. The van der Waals surface area contributed by atoms with Gasteiger partial charge >= 0.3 is 0 Å². The summed E-state index contributed by atoms with van der Waals surface area (Å²) >= 11 is 3.36. The van der Waals surface area contributed by atoms with E-state index in [0.29, 0.717) is 17.0 Å². The van der Waals surface area contributed by atoms with E-state index >= 15 is 0 Å². The molecule has 3 rings (SSSR count). The highest BCUT2D eigenvalue weighted by molar-refractivity contribution is 9.10. The summed E-state index contributed by atoms with van der Waals surface area (Å²) < 4.78 is 8.09. The summed E-state index contributed by atoms with van der Waals surface area (Å²) in [5, 5.41) is 15.9. The SMILES string of the molecule is N#Cc1ccccc1NC(=O)c1ccn(COc2ccc(Br)cc2)n1. The fraction of sp³-hybridized carbons (Fsp3) is 0.0556. The van der Waals surface area contributed by atoms with E-state index in [9.17, 15) is 4.79 Å². The number of carbonyl (C=O) groups is 1. The normalized spacial score (nSPS) is 10.1. The van der Waals surface area contributed by atoms with Gasteiger partial charge in [0.05, 0.1) is 11.3 Å². The molecule has 0 atom stereocenters. The fourth-order valence-corrected chi connectivity index (χ4v) is 2.37. The zero-order valence-corrected chi connectivity index (χ0v) is 14.6. The van der Waals surface area contributed by atoms with E-state index in [1.54, 1.807) is 36.5 Å². The monoisotopic (exact) mass is 396 g/mol. The van der Waals surface area contributed by atoms with Crippen LogP contribution in [0.15, 0.2) is 65.3 Å². The van der Waals surface area contributed by atoms with Crippen LogP contribution in [0.25, 0.3) is 0 Å². The largest absolute Gasteiger partial charge is 0.471 e. The molecule has 0 aliphatic rings. The van der Waals surface area contributed by atoms with Crippen LogP contribution in [0.3, 0.4) is 0 Å². The van der Waals surface area contributed by atoms with E-state index in [4.69, 9.17) is 10.00 Å². The number of ether oxygens (including phenoxy) is 1. The first-order valence-electron chi connectivity index (χ1n) is 7.38. The number of anilines is 1. The summed E-state index contributed by atoms with van der Waals surface area (Å²) in [5.41, 5.74) is 1.09. The van der Waals surface area contributed by atoms with E-state index in [0.717, 1.165) is 4.47 Å². The predicted octanol–water partition coefficient (Wildman–Crippen LogP) is 3.81. The number of nitriles is 1. The van der Waals surface area contributed by atoms with Crippen LogP contribution < -0.4 is 10.1 Å². The molecule has 1 aromatic heterocycles. The number of benzene rings is 2. The first kappa shape index (κ1) is 16.7. The lowest BCUT2D eigenvalue weighted by Crippen LogP contribution is -2.15. The molecule has 0 unspecified atom stereocenters. The van der Waals surface area contributed by atoms with Crippen molar-refractivity contribution in [2.24, 2.45) is 0 Å². The van der Waals surface area contributed by atoms with Crippen molar-refractivity contribution in [2.45, 2.75) is 6.73 Å².